The normalized spacial score (nSPS) is 28.9. The number of fused-ring (bicyclic) bond motifs is 1. The molecule has 6 nitrogen and oxygen atoms in total. The van der Waals surface area contributed by atoms with E-state index in [9.17, 15) is 19.8 Å². The standard InChI is InChI=1S/C15H17NO5/c17-9-7-10(21-13(18)8-9)5-6-16-14(19)11-3-1-2-4-12(11)15(16)20/h1-4,9-10,13,17-18H,5-8H2. The summed E-state index contributed by atoms with van der Waals surface area (Å²) in [5.74, 6) is -0.597. The fourth-order valence-corrected chi connectivity index (χ4v) is 2.87. The molecule has 6 heteroatoms. The van der Waals surface area contributed by atoms with Crippen molar-refractivity contribution in [1.82, 2.24) is 4.90 Å². The van der Waals surface area contributed by atoms with Gasteiger partial charge in [-0.15, -0.1) is 0 Å². The smallest absolute Gasteiger partial charge is 0.261 e. The first kappa shape index (κ1) is 14.2. The highest BCUT2D eigenvalue weighted by atomic mass is 16.6. The molecule has 3 atom stereocenters. The molecule has 2 N–H and O–H groups in total. The second kappa shape index (κ2) is 5.55. The highest BCUT2D eigenvalue weighted by Crippen LogP contribution is 2.25. The second-order valence-electron chi connectivity index (χ2n) is 5.43. The van der Waals surface area contributed by atoms with Crippen LogP contribution in [0.2, 0.25) is 0 Å². The number of aliphatic hydroxyl groups is 2. The SMILES string of the molecule is O=C1c2ccccc2C(=O)N1CCC1CC(O)CC(O)O1. The average Bonchev–Trinajstić information content (AvgIpc) is 2.69. The molecule has 2 aliphatic heterocycles. The Hall–Kier alpha value is -1.76. The number of benzene rings is 1. The highest BCUT2D eigenvalue weighted by Gasteiger charge is 2.36. The molecule has 0 aliphatic carbocycles. The summed E-state index contributed by atoms with van der Waals surface area (Å²) in [6.45, 7) is 0.219. The Morgan fingerprint density at radius 3 is 2.29 bits per heavy atom. The summed E-state index contributed by atoms with van der Waals surface area (Å²) < 4.78 is 5.31. The van der Waals surface area contributed by atoms with Gasteiger partial charge in [-0.25, -0.2) is 0 Å². The average molecular weight is 291 g/mol. The molecule has 2 aliphatic rings. The van der Waals surface area contributed by atoms with Crippen LogP contribution in [0.5, 0.6) is 0 Å². The molecule has 2 amide bonds. The van der Waals surface area contributed by atoms with E-state index in [1.54, 1.807) is 24.3 Å². The maximum atomic E-state index is 12.2. The van der Waals surface area contributed by atoms with E-state index in [1.165, 1.54) is 4.90 Å². The van der Waals surface area contributed by atoms with Gasteiger partial charge in [0.15, 0.2) is 6.29 Å². The van der Waals surface area contributed by atoms with E-state index in [2.05, 4.69) is 0 Å². The number of hydrogen-bond donors (Lipinski definition) is 2. The first-order valence-corrected chi connectivity index (χ1v) is 7.03. The largest absolute Gasteiger partial charge is 0.393 e. The van der Waals surface area contributed by atoms with Crippen molar-refractivity contribution >= 4 is 11.8 Å². The number of nitrogens with zero attached hydrogens (tertiary/aromatic N) is 1. The lowest BCUT2D eigenvalue weighted by atomic mass is 10.0. The molecule has 0 saturated carbocycles. The Labute approximate surface area is 121 Å². The minimum absolute atomic E-state index is 0.198. The van der Waals surface area contributed by atoms with Crippen LogP contribution in [0.1, 0.15) is 40.0 Å². The number of carbonyl (C=O) groups excluding carboxylic acids is 2. The summed E-state index contributed by atoms with van der Waals surface area (Å²) in [7, 11) is 0. The van der Waals surface area contributed by atoms with Crippen molar-refractivity contribution in [1.29, 1.82) is 0 Å². The summed E-state index contributed by atoms with van der Waals surface area (Å²) in [4.78, 5) is 25.5. The molecular formula is C15H17NO5. The van der Waals surface area contributed by atoms with Crippen molar-refractivity contribution in [3.05, 3.63) is 35.4 Å². The van der Waals surface area contributed by atoms with Crippen molar-refractivity contribution in [3.63, 3.8) is 0 Å². The molecule has 0 radical (unpaired) electrons. The van der Waals surface area contributed by atoms with E-state index < -0.39 is 12.4 Å². The molecule has 1 saturated heterocycles. The van der Waals surface area contributed by atoms with E-state index >= 15 is 0 Å². The lowest BCUT2D eigenvalue weighted by Gasteiger charge is -2.31. The third-order valence-electron chi connectivity index (χ3n) is 3.91. The van der Waals surface area contributed by atoms with Gasteiger partial charge < -0.3 is 14.9 Å². The van der Waals surface area contributed by atoms with Crippen LogP contribution in [0, 0.1) is 0 Å². The maximum Gasteiger partial charge on any atom is 0.261 e. The molecule has 112 valence electrons. The predicted octanol–water partition coefficient (Wildman–Crippen LogP) is 0.531. The lowest BCUT2D eigenvalue weighted by molar-refractivity contribution is -0.190. The van der Waals surface area contributed by atoms with Gasteiger partial charge in [-0.1, -0.05) is 12.1 Å². The van der Waals surface area contributed by atoms with Crippen molar-refractivity contribution in [2.45, 2.75) is 37.8 Å². The number of imide groups is 1. The zero-order valence-electron chi connectivity index (χ0n) is 11.4. The van der Waals surface area contributed by atoms with Gasteiger partial charge in [-0.05, 0) is 25.0 Å². The number of amides is 2. The van der Waals surface area contributed by atoms with Gasteiger partial charge in [0.25, 0.3) is 11.8 Å². The third kappa shape index (κ3) is 2.70. The first-order chi connectivity index (χ1) is 10.1. The first-order valence-electron chi connectivity index (χ1n) is 7.03. The molecule has 0 bridgehead atoms. The maximum absolute atomic E-state index is 12.2. The van der Waals surface area contributed by atoms with Gasteiger partial charge in [-0.2, -0.15) is 0 Å². The van der Waals surface area contributed by atoms with Gasteiger partial charge >= 0.3 is 0 Å². The van der Waals surface area contributed by atoms with Crippen molar-refractivity contribution in [2.24, 2.45) is 0 Å². The van der Waals surface area contributed by atoms with Crippen molar-refractivity contribution in [2.75, 3.05) is 6.54 Å². The Balaban J connectivity index is 1.64. The zero-order chi connectivity index (χ0) is 15.0. The minimum Gasteiger partial charge on any atom is -0.393 e. The highest BCUT2D eigenvalue weighted by molar-refractivity contribution is 6.21. The van der Waals surface area contributed by atoms with E-state index in [1.807, 2.05) is 0 Å². The van der Waals surface area contributed by atoms with Gasteiger partial charge in [-0.3, -0.25) is 14.5 Å². The molecule has 2 heterocycles. The molecule has 21 heavy (non-hydrogen) atoms. The van der Waals surface area contributed by atoms with Crippen LogP contribution < -0.4 is 0 Å². The summed E-state index contributed by atoms with van der Waals surface area (Å²) in [6, 6.07) is 6.73. The molecular weight excluding hydrogens is 274 g/mol. The monoisotopic (exact) mass is 291 g/mol. The van der Waals surface area contributed by atoms with Crippen LogP contribution in [0.4, 0.5) is 0 Å². The molecule has 1 aromatic carbocycles. The second-order valence-corrected chi connectivity index (χ2v) is 5.43. The van der Waals surface area contributed by atoms with E-state index in [-0.39, 0.29) is 30.9 Å². The van der Waals surface area contributed by atoms with Crippen molar-refractivity contribution < 1.29 is 24.5 Å². The summed E-state index contributed by atoms with van der Waals surface area (Å²) in [5, 5.41) is 19.1. The van der Waals surface area contributed by atoms with Gasteiger partial charge in [0.1, 0.15) is 0 Å². The van der Waals surface area contributed by atoms with E-state index in [4.69, 9.17) is 4.74 Å². The number of carbonyl (C=O) groups is 2. The fraction of sp³-hybridized carbons (Fsp3) is 0.467. The number of aliphatic hydroxyl groups excluding tert-OH is 2. The van der Waals surface area contributed by atoms with E-state index in [0.717, 1.165) is 0 Å². The van der Waals surface area contributed by atoms with Gasteiger partial charge in [0.05, 0.1) is 23.3 Å². The minimum atomic E-state index is -0.985. The summed E-state index contributed by atoms with van der Waals surface area (Å²) in [5.41, 5.74) is 0.847. The Kier molecular flexibility index (Phi) is 3.75. The Morgan fingerprint density at radius 1 is 1.10 bits per heavy atom. The summed E-state index contributed by atoms with van der Waals surface area (Å²) in [6.07, 6.45) is -0.946. The lowest BCUT2D eigenvalue weighted by Crippen LogP contribution is -2.39. The van der Waals surface area contributed by atoms with E-state index in [0.29, 0.717) is 24.0 Å². The number of ether oxygens (including phenoxy) is 1. The molecule has 1 aromatic rings. The quantitative estimate of drug-likeness (QED) is 0.793. The number of hydrogen-bond acceptors (Lipinski definition) is 5. The van der Waals surface area contributed by atoms with Crippen molar-refractivity contribution in [3.8, 4) is 0 Å². The molecule has 0 aromatic heterocycles. The van der Waals surface area contributed by atoms with Gasteiger partial charge in [0, 0.05) is 13.0 Å². The van der Waals surface area contributed by atoms with Crippen LogP contribution in [0.25, 0.3) is 0 Å². The topological polar surface area (TPSA) is 87.1 Å². The molecule has 3 rings (SSSR count). The van der Waals surface area contributed by atoms with Crippen LogP contribution in [0.15, 0.2) is 24.3 Å². The number of rotatable bonds is 3. The molecule has 1 fully saturated rings. The third-order valence-corrected chi connectivity index (χ3v) is 3.91. The van der Waals surface area contributed by atoms with Crippen LogP contribution >= 0.6 is 0 Å². The Bertz CT molecular complexity index is 528. The molecule has 3 unspecified atom stereocenters. The fourth-order valence-electron chi connectivity index (χ4n) is 2.87. The van der Waals surface area contributed by atoms with Crippen LogP contribution in [0.3, 0.4) is 0 Å². The zero-order valence-corrected chi connectivity index (χ0v) is 11.4. The van der Waals surface area contributed by atoms with Crippen LogP contribution in [-0.2, 0) is 4.74 Å². The summed E-state index contributed by atoms with van der Waals surface area (Å²) >= 11 is 0. The Morgan fingerprint density at radius 2 is 1.71 bits per heavy atom. The van der Waals surface area contributed by atoms with Gasteiger partial charge in [0.2, 0.25) is 0 Å². The van der Waals surface area contributed by atoms with Crippen LogP contribution in [-0.4, -0.2) is 52.0 Å². The molecule has 0 spiro atoms. The predicted molar refractivity (Wildman–Crippen MR) is 72.5 cm³/mol.